The molecule has 1 aliphatic heterocycles. The first kappa shape index (κ1) is 15.4. The number of hydrogen-bond donors (Lipinski definition) is 1. The Kier molecular flexibility index (Phi) is 7.19. The van der Waals surface area contributed by atoms with Gasteiger partial charge in [-0.15, -0.1) is 0 Å². The van der Waals surface area contributed by atoms with Crippen LogP contribution in [0.4, 0.5) is 0 Å². The fraction of sp³-hybridized carbons (Fsp3) is 0.917. The summed E-state index contributed by atoms with van der Waals surface area (Å²) in [5.74, 6) is -0.0127. The maximum absolute atomic E-state index is 11.9. The molecule has 1 saturated heterocycles. The van der Waals surface area contributed by atoms with E-state index in [9.17, 15) is 4.79 Å². The quantitative estimate of drug-likeness (QED) is 0.603. The maximum Gasteiger partial charge on any atom is 0.241 e. The molecule has 18 heavy (non-hydrogen) atoms. The predicted molar refractivity (Wildman–Crippen MR) is 69.4 cm³/mol. The Morgan fingerprint density at radius 1 is 1.33 bits per heavy atom. The van der Waals surface area contributed by atoms with Gasteiger partial charge in [-0.1, -0.05) is 0 Å². The van der Waals surface area contributed by atoms with Crippen molar-refractivity contribution in [1.29, 1.82) is 0 Å². The van der Waals surface area contributed by atoms with Gasteiger partial charge in [0.25, 0.3) is 0 Å². The Morgan fingerprint density at radius 2 is 2.00 bits per heavy atom. The fourth-order valence-electron chi connectivity index (χ4n) is 2.02. The van der Waals surface area contributed by atoms with E-state index in [0.29, 0.717) is 0 Å². The van der Waals surface area contributed by atoms with Crippen LogP contribution in [0.25, 0.3) is 0 Å². The zero-order chi connectivity index (χ0) is 13.4. The topological polar surface area (TPSA) is 68.0 Å². The lowest BCUT2D eigenvalue weighted by atomic mass is 10.2. The Bertz CT molecular complexity index is 243. The number of carbonyl (C=O) groups excluding carboxylic acids is 1. The van der Waals surface area contributed by atoms with Gasteiger partial charge in [-0.25, -0.2) is 0 Å². The second-order valence-electron chi connectivity index (χ2n) is 4.43. The van der Waals surface area contributed by atoms with Crippen molar-refractivity contribution in [1.82, 2.24) is 9.80 Å². The van der Waals surface area contributed by atoms with Crippen molar-refractivity contribution < 1.29 is 14.3 Å². The Balaban J connectivity index is 2.24. The number of nitrogens with zero attached hydrogens (tertiary/aromatic N) is 2. The summed E-state index contributed by atoms with van der Waals surface area (Å²) in [6.07, 6.45) is 0. The van der Waals surface area contributed by atoms with Crippen LogP contribution in [0.1, 0.15) is 6.92 Å². The highest BCUT2D eigenvalue weighted by Crippen LogP contribution is 2.03. The molecule has 0 aromatic carbocycles. The summed E-state index contributed by atoms with van der Waals surface area (Å²) in [7, 11) is 1.55. The number of amides is 1. The molecule has 1 aliphatic rings. The van der Waals surface area contributed by atoms with Gasteiger partial charge in [0.2, 0.25) is 5.91 Å². The third-order valence-electron chi connectivity index (χ3n) is 3.10. The smallest absolute Gasteiger partial charge is 0.241 e. The molecule has 0 radical (unpaired) electrons. The lowest BCUT2D eigenvalue weighted by Crippen LogP contribution is -2.54. The lowest BCUT2D eigenvalue weighted by Gasteiger charge is -2.35. The SMILES string of the molecule is CCOCCN1CCN(C(=O)C(N)COC)CC1. The molecule has 1 amide bonds. The third-order valence-corrected chi connectivity index (χ3v) is 3.10. The van der Waals surface area contributed by atoms with Crippen LogP contribution in [-0.4, -0.2) is 81.4 Å². The average molecular weight is 259 g/mol. The Hall–Kier alpha value is -0.690. The summed E-state index contributed by atoms with van der Waals surface area (Å²) in [6.45, 7) is 7.97. The normalized spacial score (nSPS) is 18.9. The molecular formula is C12H25N3O3. The van der Waals surface area contributed by atoms with E-state index < -0.39 is 6.04 Å². The van der Waals surface area contributed by atoms with Crippen molar-refractivity contribution in [3.63, 3.8) is 0 Å². The Labute approximate surface area is 109 Å². The minimum atomic E-state index is -0.537. The van der Waals surface area contributed by atoms with E-state index >= 15 is 0 Å². The Morgan fingerprint density at radius 3 is 2.56 bits per heavy atom. The van der Waals surface area contributed by atoms with E-state index in [1.807, 2.05) is 11.8 Å². The number of ether oxygens (including phenoxy) is 2. The summed E-state index contributed by atoms with van der Waals surface area (Å²) in [5, 5.41) is 0. The van der Waals surface area contributed by atoms with Crippen molar-refractivity contribution in [3.05, 3.63) is 0 Å². The molecule has 0 saturated carbocycles. The second kappa shape index (κ2) is 8.42. The zero-order valence-electron chi connectivity index (χ0n) is 11.4. The van der Waals surface area contributed by atoms with Crippen molar-refractivity contribution >= 4 is 5.91 Å². The minimum absolute atomic E-state index is 0.0127. The van der Waals surface area contributed by atoms with E-state index in [1.54, 1.807) is 7.11 Å². The van der Waals surface area contributed by atoms with Gasteiger partial charge in [0, 0.05) is 46.4 Å². The van der Waals surface area contributed by atoms with E-state index in [0.717, 1.165) is 45.9 Å². The van der Waals surface area contributed by atoms with Crippen LogP contribution < -0.4 is 5.73 Å². The van der Waals surface area contributed by atoms with Gasteiger partial charge >= 0.3 is 0 Å². The number of rotatable bonds is 7. The van der Waals surface area contributed by atoms with Crippen LogP contribution in [-0.2, 0) is 14.3 Å². The molecule has 0 bridgehead atoms. The highest BCUT2D eigenvalue weighted by atomic mass is 16.5. The second-order valence-corrected chi connectivity index (χ2v) is 4.43. The highest BCUT2D eigenvalue weighted by Gasteiger charge is 2.24. The molecular weight excluding hydrogens is 234 g/mol. The van der Waals surface area contributed by atoms with Crippen LogP contribution in [0.2, 0.25) is 0 Å². The molecule has 0 spiro atoms. The van der Waals surface area contributed by atoms with Gasteiger partial charge in [0.05, 0.1) is 13.2 Å². The molecule has 0 aromatic heterocycles. The van der Waals surface area contributed by atoms with Crippen LogP contribution in [0.5, 0.6) is 0 Å². The van der Waals surface area contributed by atoms with E-state index in [4.69, 9.17) is 15.2 Å². The standard InChI is InChI=1S/C12H25N3O3/c1-3-18-9-8-14-4-6-15(7-5-14)12(16)11(13)10-17-2/h11H,3-10,13H2,1-2H3. The van der Waals surface area contributed by atoms with Crippen LogP contribution in [0.15, 0.2) is 0 Å². The number of piperazine rings is 1. The predicted octanol–water partition coefficient (Wildman–Crippen LogP) is -0.859. The summed E-state index contributed by atoms with van der Waals surface area (Å²) in [5.41, 5.74) is 5.74. The summed E-state index contributed by atoms with van der Waals surface area (Å²) >= 11 is 0. The first-order valence-corrected chi connectivity index (χ1v) is 6.52. The summed E-state index contributed by atoms with van der Waals surface area (Å²) in [6, 6.07) is -0.537. The number of methoxy groups -OCH3 is 1. The van der Waals surface area contributed by atoms with Crippen molar-refractivity contribution in [2.24, 2.45) is 5.73 Å². The number of hydrogen-bond acceptors (Lipinski definition) is 5. The van der Waals surface area contributed by atoms with Gasteiger partial charge < -0.3 is 20.1 Å². The summed E-state index contributed by atoms with van der Waals surface area (Å²) < 4.78 is 10.2. The molecule has 6 heteroatoms. The van der Waals surface area contributed by atoms with Gasteiger partial charge in [-0.05, 0) is 6.92 Å². The highest BCUT2D eigenvalue weighted by molar-refractivity contribution is 5.81. The molecule has 0 aliphatic carbocycles. The average Bonchev–Trinajstić information content (AvgIpc) is 2.39. The third kappa shape index (κ3) is 4.89. The van der Waals surface area contributed by atoms with Gasteiger partial charge in [0.1, 0.15) is 6.04 Å². The van der Waals surface area contributed by atoms with Crippen LogP contribution >= 0.6 is 0 Å². The van der Waals surface area contributed by atoms with Crippen LogP contribution in [0, 0.1) is 0 Å². The van der Waals surface area contributed by atoms with Gasteiger partial charge in [0.15, 0.2) is 0 Å². The lowest BCUT2D eigenvalue weighted by molar-refractivity contribution is -0.135. The molecule has 2 N–H and O–H groups in total. The molecule has 1 rings (SSSR count). The first-order valence-electron chi connectivity index (χ1n) is 6.52. The maximum atomic E-state index is 11.9. The molecule has 1 fully saturated rings. The molecule has 106 valence electrons. The number of carbonyl (C=O) groups is 1. The monoisotopic (exact) mass is 259 g/mol. The molecule has 1 unspecified atom stereocenters. The van der Waals surface area contributed by atoms with Crippen molar-refractivity contribution in [3.8, 4) is 0 Å². The van der Waals surface area contributed by atoms with Gasteiger partial charge in [-0.3, -0.25) is 9.69 Å². The van der Waals surface area contributed by atoms with E-state index in [-0.39, 0.29) is 12.5 Å². The fourth-order valence-corrected chi connectivity index (χ4v) is 2.02. The molecule has 1 heterocycles. The minimum Gasteiger partial charge on any atom is -0.383 e. The largest absolute Gasteiger partial charge is 0.383 e. The molecule has 6 nitrogen and oxygen atoms in total. The van der Waals surface area contributed by atoms with E-state index in [2.05, 4.69) is 4.90 Å². The summed E-state index contributed by atoms with van der Waals surface area (Å²) in [4.78, 5) is 16.1. The van der Waals surface area contributed by atoms with Gasteiger partial charge in [-0.2, -0.15) is 0 Å². The van der Waals surface area contributed by atoms with Crippen LogP contribution in [0.3, 0.4) is 0 Å². The van der Waals surface area contributed by atoms with Crippen molar-refractivity contribution in [2.75, 3.05) is 59.7 Å². The number of nitrogens with two attached hydrogens (primary N) is 1. The van der Waals surface area contributed by atoms with Crippen molar-refractivity contribution in [2.45, 2.75) is 13.0 Å². The van der Waals surface area contributed by atoms with E-state index in [1.165, 1.54) is 0 Å². The first-order chi connectivity index (χ1) is 8.69. The zero-order valence-corrected chi connectivity index (χ0v) is 11.4. The molecule has 1 atom stereocenters. The molecule has 0 aromatic rings.